The van der Waals surface area contributed by atoms with Gasteiger partial charge in [0.2, 0.25) is 0 Å². The summed E-state index contributed by atoms with van der Waals surface area (Å²) in [6.45, 7) is 9.04. The SMILES string of the molecule is CCN(/N=C(\C)C(C)C)c1ccnc(OC)n1. The quantitative estimate of drug-likeness (QED) is 0.581. The van der Waals surface area contributed by atoms with Crippen molar-refractivity contribution in [3.63, 3.8) is 0 Å². The van der Waals surface area contributed by atoms with Crippen molar-refractivity contribution in [2.45, 2.75) is 27.7 Å². The lowest BCUT2D eigenvalue weighted by Gasteiger charge is -2.18. The lowest BCUT2D eigenvalue weighted by atomic mass is 10.1. The molecule has 0 bridgehead atoms. The van der Waals surface area contributed by atoms with Gasteiger partial charge >= 0.3 is 6.01 Å². The van der Waals surface area contributed by atoms with Gasteiger partial charge in [-0.15, -0.1) is 0 Å². The Bertz CT molecular complexity index is 390. The lowest BCUT2D eigenvalue weighted by molar-refractivity contribution is 0.379. The fourth-order valence-electron chi connectivity index (χ4n) is 1.16. The van der Waals surface area contributed by atoms with E-state index in [2.05, 4.69) is 28.9 Å². The zero-order chi connectivity index (χ0) is 12.8. The summed E-state index contributed by atoms with van der Waals surface area (Å²) in [5.41, 5.74) is 1.07. The first-order valence-electron chi connectivity index (χ1n) is 5.78. The molecule has 0 N–H and O–H groups in total. The molecule has 1 aromatic rings. The highest BCUT2D eigenvalue weighted by molar-refractivity contribution is 5.84. The average Bonchev–Trinajstić information content (AvgIpc) is 2.35. The van der Waals surface area contributed by atoms with Gasteiger partial charge in [0.15, 0.2) is 5.82 Å². The Hall–Kier alpha value is -1.65. The van der Waals surface area contributed by atoms with Crippen molar-refractivity contribution in [1.29, 1.82) is 0 Å². The number of methoxy groups -OCH3 is 1. The van der Waals surface area contributed by atoms with Gasteiger partial charge in [-0.3, -0.25) is 0 Å². The molecule has 0 aliphatic heterocycles. The Morgan fingerprint density at radius 3 is 2.76 bits per heavy atom. The summed E-state index contributed by atoms with van der Waals surface area (Å²) < 4.78 is 5.00. The minimum Gasteiger partial charge on any atom is -0.467 e. The van der Waals surface area contributed by atoms with Crippen molar-refractivity contribution >= 4 is 11.5 Å². The molecule has 94 valence electrons. The molecule has 0 aromatic carbocycles. The third-order valence-corrected chi connectivity index (χ3v) is 2.48. The van der Waals surface area contributed by atoms with Crippen LogP contribution in [-0.2, 0) is 0 Å². The van der Waals surface area contributed by atoms with Gasteiger partial charge in [0.1, 0.15) is 0 Å². The van der Waals surface area contributed by atoms with Crippen LogP contribution < -0.4 is 9.75 Å². The van der Waals surface area contributed by atoms with E-state index in [-0.39, 0.29) is 0 Å². The molecule has 1 aromatic heterocycles. The summed E-state index contributed by atoms with van der Waals surface area (Å²) >= 11 is 0. The molecular weight excluding hydrogens is 216 g/mol. The summed E-state index contributed by atoms with van der Waals surface area (Å²) in [6.07, 6.45) is 1.67. The first kappa shape index (κ1) is 13.4. The molecule has 0 spiro atoms. The van der Waals surface area contributed by atoms with Crippen LogP contribution in [0.3, 0.4) is 0 Å². The van der Waals surface area contributed by atoms with Gasteiger partial charge in [0.25, 0.3) is 0 Å². The van der Waals surface area contributed by atoms with E-state index in [0.717, 1.165) is 18.1 Å². The molecule has 0 saturated carbocycles. The van der Waals surface area contributed by atoms with Crippen LogP contribution in [0.2, 0.25) is 0 Å². The molecule has 0 radical (unpaired) electrons. The number of nitrogens with zero attached hydrogens (tertiary/aromatic N) is 4. The first-order valence-corrected chi connectivity index (χ1v) is 5.78. The smallest absolute Gasteiger partial charge is 0.318 e. The maximum atomic E-state index is 5.00. The molecule has 0 aliphatic carbocycles. The summed E-state index contributed by atoms with van der Waals surface area (Å²) in [5, 5.41) is 6.39. The Balaban J connectivity index is 2.97. The van der Waals surface area contributed by atoms with Gasteiger partial charge in [-0.05, 0) is 19.8 Å². The number of rotatable bonds is 5. The molecule has 0 fully saturated rings. The van der Waals surface area contributed by atoms with Crippen LogP contribution in [0.5, 0.6) is 6.01 Å². The van der Waals surface area contributed by atoms with E-state index in [1.165, 1.54) is 0 Å². The van der Waals surface area contributed by atoms with E-state index in [1.54, 1.807) is 13.3 Å². The zero-order valence-electron chi connectivity index (χ0n) is 11.1. The van der Waals surface area contributed by atoms with Crippen LogP contribution in [0.25, 0.3) is 0 Å². The van der Waals surface area contributed by atoms with Gasteiger partial charge in [0, 0.05) is 24.5 Å². The minimum atomic E-state index is 0.360. The standard InChI is InChI=1S/C12H20N4O/c1-6-16(15-10(4)9(2)3)11-7-8-13-12(14-11)17-5/h7-9H,6H2,1-5H3/b15-10+. The van der Waals surface area contributed by atoms with Gasteiger partial charge < -0.3 is 4.74 Å². The Kier molecular flexibility index (Phi) is 4.87. The third-order valence-electron chi connectivity index (χ3n) is 2.48. The predicted molar refractivity (Wildman–Crippen MR) is 69.6 cm³/mol. The molecule has 1 heterocycles. The molecular formula is C12H20N4O. The second-order valence-electron chi connectivity index (χ2n) is 4.01. The number of anilines is 1. The van der Waals surface area contributed by atoms with Crippen molar-refractivity contribution in [1.82, 2.24) is 9.97 Å². The summed E-state index contributed by atoms with van der Waals surface area (Å²) in [4.78, 5) is 8.24. The highest BCUT2D eigenvalue weighted by Gasteiger charge is 2.08. The number of ether oxygens (including phenoxy) is 1. The number of hydrogen-bond donors (Lipinski definition) is 0. The fraction of sp³-hybridized carbons (Fsp3) is 0.583. The first-order chi connectivity index (χ1) is 8.08. The topological polar surface area (TPSA) is 50.6 Å². The van der Waals surface area contributed by atoms with E-state index in [0.29, 0.717) is 11.9 Å². The lowest BCUT2D eigenvalue weighted by Crippen LogP contribution is -2.20. The van der Waals surface area contributed by atoms with Gasteiger partial charge in [-0.25, -0.2) is 9.99 Å². The summed E-state index contributed by atoms with van der Waals surface area (Å²) in [5.74, 6) is 1.17. The maximum Gasteiger partial charge on any atom is 0.318 e. The van der Waals surface area contributed by atoms with Crippen LogP contribution >= 0.6 is 0 Å². The molecule has 0 unspecified atom stereocenters. The molecule has 5 nitrogen and oxygen atoms in total. The molecule has 0 atom stereocenters. The largest absolute Gasteiger partial charge is 0.467 e. The van der Waals surface area contributed by atoms with E-state index in [4.69, 9.17) is 4.74 Å². The van der Waals surface area contributed by atoms with Crippen molar-refractivity contribution in [3.05, 3.63) is 12.3 Å². The Labute approximate surface area is 103 Å². The molecule has 0 saturated heterocycles. The summed E-state index contributed by atoms with van der Waals surface area (Å²) in [7, 11) is 1.55. The number of hydrogen-bond acceptors (Lipinski definition) is 5. The van der Waals surface area contributed by atoms with Crippen molar-refractivity contribution < 1.29 is 4.74 Å². The fourth-order valence-corrected chi connectivity index (χ4v) is 1.16. The minimum absolute atomic E-state index is 0.360. The second-order valence-corrected chi connectivity index (χ2v) is 4.01. The van der Waals surface area contributed by atoms with Crippen molar-refractivity contribution in [2.75, 3.05) is 18.7 Å². The van der Waals surface area contributed by atoms with Gasteiger partial charge in [-0.2, -0.15) is 10.1 Å². The van der Waals surface area contributed by atoms with Crippen molar-refractivity contribution in [2.24, 2.45) is 11.0 Å². The molecule has 17 heavy (non-hydrogen) atoms. The Morgan fingerprint density at radius 1 is 1.53 bits per heavy atom. The van der Waals surface area contributed by atoms with Crippen LogP contribution in [0.1, 0.15) is 27.7 Å². The van der Waals surface area contributed by atoms with E-state index in [9.17, 15) is 0 Å². The van der Waals surface area contributed by atoms with E-state index in [1.807, 2.05) is 24.9 Å². The van der Waals surface area contributed by atoms with Crippen LogP contribution in [0.15, 0.2) is 17.4 Å². The highest BCUT2D eigenvalue weighted by atomic mass is 16.5. The van der Waals surface area contributed by atoms with Crippen LogP contribution in [0, 0.1) is 5.92 Å². The third kappa shape index (κ3) is 3.69. The van der Waals surface area contributed by atoms with E-state index < -0.39 is 0 Å². The van der Waals surface area contributed by atoms with E-state index >= 15 is 0 Å². The van der Waals surface area contributed by atoms with Crippen molar-refractivity contribution in [3.8, 4) is 6.01 Å². The normalized spacial score (nSPS) is 11.8. The number of aromatic nitrogens is 2. The van der Waals surface area contributed by atoms with Gasteiger partial charge in [-0.1, -0.05) is 13.8 Å². The Morgan fingerprint density at radius 2 is 2.24 bits per heavy atom. The predicted octanol–water partition coefficient (Wildman–Crippen LogP) is 2.34. The van der Waals surface area contributed by atoms with Crippen LogP contribution in [-0.4, -0.2) is 29.3 Å². The second kappa shape index (κ2) is 6.18. The molecule has 0 amide bonds. The highest BCUT2D eigenvalue weighted by Crippen LogP contribution is 2.14. The molecule has 1 rings (SSSR count). The summed E-state index contributed by atoms with van der Waals surface area (Å²) in [6, 6.07) is 2.18. The molecule has 0 aliphatic rings. The number of hydrazone groups is 1. The van der Waals surface area contributed by atoms with Crippen LogP contribution in [0.4, 0.5) is 5.82 Å². The maximum absolute atomic E-state index is 5.00. The monoisotopic (exact) mass is 236 g/mol. The van der Waals surface area contributed by atoms with Gasteiger partial charge in [0.05, 0.1) is 7.11 Å². The average molecular weight is 236 g/mol. The zero-order valence-corrected chi connectivity index (χ0v) is 11.1. The molecule has 5 heteroatoms.